The van der Waals surface area contributed by atoms with Crippen LogP contribution in [0.3, 0.4) is 0 Å². The molecule has 2 aromatic carbocycles. The number of benzene rings is 2. The van der Waals surface area contributed by atoms with Gasteiger partial charge in [0.2, 0.25) is 0 Å². The average Bonchev–Trinajstić information content (AvgIpc) is 2.87. The molecule has 0 bridgehead atoms. The van der Waals surface area contributed by atoms with Gasteiger partial charge in [-0.15, -0.1) is 0 Å². The maximum Gasteiger partial charge on any atom is 0.0537 e. The molecule has 0 saturated carbocycles. The molecule has 0 amide bonds. The maximum atomic E-state index is 8.86. The van der Waals surface area contributed by atoms with Gasteiger partial charge in [0, 0.05) is 0 Å². The number of fused-ring (bicyclic) bond motifs is 3. The molecule has 0 radical (unpaired) electrons. The molecule has 1 aliphatic carbocycles. The summed E-state index contributed by atoms with van der Waals surface area (Å²) in [5.74, 6) is 0. The molecule has 0 saturated heterocycles. The highest BCUT2D eigenvalue weighted by Crippen LogP contribution is 2.35. The Morgan fingerprint density at radius 3 is 1.80 bits per heavy atom. The van der Waals surface area contributed by atoms with Crippen molar-refractivity contribution in [2.75, 3.05) is 0 Å². The summed E-state index contributed by atoms with van der Waals surface area (Å²) in [5.41, 5.74) is 5.75. The van der Waals surface area contributed by atoms with Crippen molar-refractivity contribution in [1.29, 1.82) is 0 Å². The van der Waals surface area contributed by atoms with Crippen molar-refractivity contribution in [3.05, 3.63) is 59.7 Å². The van der Waals surface area contributed by atoms with Gasteiger partial charge in [-0.05, 0) is 41.5 Å². The minimum atomic E-state index is -0.0509. The van der Waals surface area contributed by atoms with Crippen LogP contribution in [-0.2, 0) is 6.42 Å². The Morgan fingerprint density at radius 1 is 0.900 bits per heavy atom. The lowest BCUT2D eigenvalue weighted by Gasteiger charge is -2.01. The fourth-order valence-electron chi connectivity index (χ4n) is 2.62. The van der Waals surface area contributed by atoms with Crippen LogP contribution < -0.4 is 0 Å². The topological polar surface area (TPSA) is 20.2 Å². The number of hydrogen-bond donors (Lipinski definition) is 1. The van der Waals surface area contributed by atoms with Gasteiger partial charge >= 0.3 is 0 Å². The van der Waals surface area contributed by atoms with E-state index in [9.17, 15) is 0 Å². The van der Waals surface area contributed by atoms with E-state index >= 15 is 0 Å². The van der Waals surface area contributed by atoms with E-state index in [1.807, 2.05) is 6.92 Å². The third kappa shape index (κ3) is 3.49. The Hall–Kier alpha value is -1.60. The van der Waals surface area contributed by atoms with E-state index in [0.29, 0.717) is 0 Å². The first-order valence-electron chi connectivity index (χ1n) is 7.60. The van der Waals surface area contributed by atoms with Crippen molar-refractivity contribution in [3.8, 4) is 11.1 Å². The monoisotopic (exact) mass is 268 g/mol. The molecule has 0 heterocycles. The minimum Gasteiger partial charge on any atom is -0.393 e. The standard InChI is InChI=1S/C13H10.C6H14O/c1-3-7-12-10(5-1)9-11-6-2-4-8-13(11)12;1-3-5-6(7)4-2/h1-8H,9H2;6-7H,3-5H2,1-2H3. The molecule has 1 N–H and O–H groups in total. The smallest absolute Gasteiger partial charge is 0.0537 e. The van der Waals surface area contributed by atoms with E-state index in [1.54, 1.807) is 0 Å². The Morgan fingerprint density at radius 2 is 1.40 bits per heavy atom. The highest BCUT2D eigenvalue weighted by Gasteiger charge is 2.15. The molecule has 1 unspecified atom stereocenters. The van der Waals surface area contributed by atoms with Crippen molar-refractivity contribution in [1.82, 2.24) is 0 Å². The number of rotatable bonds is 3. The SMILES string of the molecule is CCCC(O)CC.c1ccc2c(c1)Cc1ccccc1-2. The van der Waals surface area contributed by atoms with E-state index in [-0.39, 0.29) is 6.10 Å². The third-order valence-corrected chi connectivity index (χ3v) is 3.80. The predicted octanol–water partition coefficient (Wildman–Crippen LogP) is 4.82. The molecule has 3 rings (SSSR count). The quantitative estimate of drug-likeness (QED) is 0.722. The average molecular weight is 268 g/mol. The van der Waals surface area contributed by atoms with Crippen LogP contribution in [0.5, 0.6) is 0 Å². The zero-order chi connectivity index (χ0) is 14.4. The van der Waals surface area contributed by atoms with Crippen LogP contribution in [-0.4, -0.2) is 11.2 Å². The fraction of sp³-hybridized carbons (Fsp3) is 0.368. The molecule has 0 fully saturated rings. The van der Waals surface area contributed by atoms with Gasteiger partial charge in [-0.25, -0.2) is 0 Å². The highest BCUT2D eigenvalue weighted by molar-refractivity contribution is 5.76. The molecule has 1 nitrogen and oxygen atoms in total. The van der Waals surface area contributed by atoms with Gasteiger partial charge in [0.1, 0.15) is 0 Å². The first kappa shape index (κ1) is 14.8. The van der Waals surface area contributed by atoms with Crippen LogP contribution >= 0.6 is 0 Å². The molecule has 1 heteroatoms. The van der Waals surface area contributed by atoms with Crippen LogP contribution in [0.1, 0.15) is 44.2 Å². The maximum absolute atomic E-state index is 8.86. The van der Waals surface area contributed by atoms with Crippen LogP contribution in [0.25, 0.3) is 11.1 Å². The highest BCUT2D eigenvalue weighted by atomic mass is 16.3. The van der Waals surface area contributed by atoms with Gasteiger partial charge in [-0.3, -0.25) is 0 Å². The zero-order valence-corrected chi connectivity index (χ0v) is 12.5. The lowest BCUT2D eigenvalue weighted by molar-refractivity contribution is 0.159. The van der Waals surface area contributed by atoms with Crippen LogP contribution in [0.2, 0.25) is 0 Å². The normalized spacial score (nSPS) is 12.9. The van der Waals surface area contributed by atoms with Gasteiger partial charge in [0.25, 0.3) is 0 Å². The summed E-state index contributed by atoms with van der Waals surface area (Å²) < 4.78 is 0. The van der Waals surface area contributed by atoms with E-state index in [0.717, 1.165) is 25.7 Å². The fourth-order valence-corrected chi connectivity index (χ4v) is 2.62. The molecule has 1 aliphatic rings. The second-order valence-electron chi connectivity index (χ2n) is 5.34. The second-order valence-corrected chi connectivity index (χ2v) is 5.34. The minimum absolute atomic E-state index is 0.0509. The number of hydrogen-bond acceptors (Lipinski definition) is 1. The van der Waals surface area contributed by atoms with Crippen LogP contribution in [0.4, 0.5) is 0 Å². The molecular weight excluding hydrogens is 244 g/mol. The zero-order valence-electron chi connectivity index (χ0n) is 12.5. The first-order chi connectivity index (χ1) is 9.76. The van der Waals surface area contributed by atoms with E-state index in [2.05, 4.69) is 55.5 Å². The van der Waals surface area contributed by atoms with Crippen LogP contribution in [0, 0.1) is 0 Å². The summed E-state index contributed by atoms with van der Waals surface area (Å²) in [4.78, 5) is 0. The second kappa shape index (κ2) is 7.25. The van der Waals surface area contributed by atoms with Gasteiger partial charge in [0.15, 0.2) is 0 Å². The largest absolute Gasteiger partial charge is 0.393 e. The molecule has 0 spiro atoms. The molecule has 20 heavy (non-hydrogen) atoms. The van der Waals surface area contributed by atoms with E-state index in [1.165, 1.54) is 22.3 Å². The lowest BCUT2D eigenvalue weighted by Crippen LogP contribution is -2.01. The lowest BCUT2D eigenvalue weighted by atomic mass is 10.1. The third-order valence-electron chi connectivity index (χ3n) is 3.80. The van der Waals surface area contributed by atoms with E-state index < -0.39 is 0 Å². The molecule has 0 aromatic heterocycles. The van der Waals surface area contributed by atoms with E-state index in [4.69, 9.17) is 5.11 Å². The van der Waals surface area contributed by atoms with Gasteiger partial charge in [-0.2, -0.15) is 0 Å². The molecule has 2 aromatic rings. The summed E-state index contributed by atoms with van der Waals surface area (Å²) in [5, 5.41) is 8.86. The Labute approximate surface area is 122 Å². The summed E-state index contributed by atoms with van der Waals surface area (Å²) in [6.07, 6.45) is 4.00. The van der Waals surface area contributed by atoms with Crippen molar-refractivity contribution in [3.63, 3.8) is 0 Å². The Balaban J connectivity index is 0.000000182. The van der Waals surface area contributed by atoms with Gasteiger partial charge in [-0.1, -0.05) is 68.8 Å². The molecule has 0 aliphatic heterocycles. The van der Waals surface area contributed by atoms with Crippen molar-refractivity contribution < 1.29 is 5.11 Å². The van der Waals surface area contributed by atoms with Gasteiger partial charge < -0.3 is 5.11 Å². The molecule has 106 valence electrons. The Kier molecular flexibility index (Phi) is 5.37. The van der Waals surface area contributed by atoms with Crippen LogP contribution in [0.15, 0.2) is 48.5 Å². The molecule has 1 atom stereocenters. The Bertz CT molecular complexity index is 501. The first-order valence-corrected chi connectivity index (χ1v) is 7.60. The van der Waals surface area contributed by atoms with Crippen molar-refractivity contribution in [2.45, 2.75) is 45.6 Å². The number of aliphatic hydroxyl groups is 1. The van der Waals surface area contributed by atoms with Crippen molar-refractivity contribution >= 4 is 0 Å². The summed E-state index contributed by atoms with van der Waals surface area (Å²) in [6, 6.07) is 17.3. The molecular formula is C19H24O. The summed E-state index contributed by atoms with van der Waals surface area (Å²) in [7, 11) is 0. The summed E-state index contributed by atoms with van der Waals surface area (Å²) >= 11 is 0. The predicted molar refractivity (Wildman–Crippen MR) is 85.9 cm³/mol. The van der Waals surface area contributed by atoms with Crippen molar-refractivity contribution in [2.24, 2.45) is 0 Å². The van der Waals surface area contributed by atoms with Gasteiger partial charge in [0.05, 0.1) is 6.10 Å². The number of aliphatic hydroxyl groups excluding tert-OH is 1. The summed E-state index contributed by atoms with van der Waals surface area (Å²) in [6.45, 7) is 4.08.